The summed E-state index contributed by atoms with van der Waals surface area (Å²) in [4.78, 5) is 30.0. The maximum absolute atomic E-state index is 12.5. The van der Waals surface area contributed by atoms with Crippen molar-refractivity contribution in [2.24, 2.45) is 5.73 Å². The minimum absolute atomic E-state index is 0.0869. The van der Waals surface area contributed by atoms with E-state index in [-0.39, 0.29) is 11.6 Å². The molecule has 0 bridgehead atoms. The standard InChI is InChI=1S/C17H15N3O2/c18-16(21)15-13(2-1-7-19-15)10-3-4-11-9-20(12-5-6-12)17(22)14(11)8-10/h1-4,7-8,12H,5-6,9H2,(H2,18,21). The van der Waals surface area contributed by atoms with Crippen LogP contribution in [-0.2, 0) is 6.54 Å². The van der Waals surface area contributed by atoms with Crippen molar-refractivity contribution in [2.75, 3.05) is 0 Å². The minimum atomic E-state index is -0.568. The van der Waals surface area contributed by atoms with Crippen LogP contribution in [0.1, 0.15) is 39.3 Å². The average Bonchev–Trinajstić information content (AvgIpc) is 3.32. The molecular weight excluding hydrogens is 278 g/mol. The van der Waals surface area contributed by atoms with Gasteiger partial charge in [0.25, 0.3) is 11.8 Å². The number of primary amides is 1. The largest absolute Gasteiger partial charge is 0.364 e. The lowest BCUT2D eigenvalue weighted by atomic mass is 9.99. The SMILES string of the molecule is NC(=O)c1ncccc1-c1ccc2c(c1)C(=O)N(C1CC1)C2. The van der Waals surface area contributed by atoms with E-state index in [4.69, 9.17) is 5.73 Å². The Bertz CT molecular complexity index is 796. The van der Waals surface area contributed by atoms with E-state index in [0.717, 1.165) is 29.5 Å². The Labute approximate surface area is 127 Å². The van der Waals surface area contributed by atoms with Gasteiger partial charge in [-0.15, -0.1) is 0 Å². The normalized spacial score (nSPS) is 16.7. The molecule has 0 unspecified atom stereocenters. The number of aromatic nitrogens is 1. The van der Waals surface area contributed by atoms with Crippen LogP contribution in [0.2, 0.25) is 0 Å². The molecule has 110 valence electrons. The highest BCUT2D eigenvalue weighted by Crippen LogP contribution is 2.36. The third kappa shape index (κ3) is 1.97. The molecule has 0 saturated heterocycles. The van der Waals surface area contributed by atoms with Crippen molar-refractivity contribution in [1.29, 1.82) is 0 Å². The molecule has 0 atom stereocenters. The van der Waals surface area contributed by atoms with Gasteiger partial charge >= 0.3 is 0 Å². The summed E-state index contributed by atoms with van der Waals surface area (Å²) in [6.45, 7) is 0.689. The van der Waals surface area contributed by atoms with Crippen LogP contribution in [-0.4, -0.2) is 27.7 Å². The average molecular weight is 293 g/mol. The second-order valence-corrected chi connectivity index (χ2v) is 5.80. The molecule has 22 heavy (non-hydrogen) atoms. The van der Waals surface area contributed by atoms with Crippen molar-refractivity contribution < 1.29 is 9.59 Å². The molecule has 0 spiro atoms. The molecule has 1 fully saturated rings. The number of nitrogens with two attached hydrogens (primary N) is 1. The van der Waals surface area contributed by atoms with Gasteiger partial charge in [0, 0.05) is 29.9 Å². The van der Waals surface area contributed by atoms with Crippen molar-refractivity contribution in [3.63, 3.8) is 0 Å². The van der Waals surface area contributed by atoms with Crippen LogP contribution in [0.5, 0.6) is 0 Å². The lowest BCUT2D eigenvalue weighted by Gasteiger charge is -2.13. The first kappa shape index (κ1) is 13.0. The summed E-state index contributed by atoms with van der Waals surface area (Å²) in [5.74, 6) is -0.481. The van der Waals surface area contributed by atoms with E-state index in [0.29, 0.717) is 18.2 Å². The van der Waals surface area contributed by atoms with Gasteiger partial charge in [0.15, 0.2) is 0 Å². The maximum Gasteiger partial charge on any atom is 0.267 e. The predicted octanol–water partition coefficient (Wildman–Crippen LogP) is 1.97. The molecule has 1 aliphatic heterocycles. The Balaban J connectivity index is 1.77. The van der Waals surface area contributed by atoms with Crippen LogP contribution in [0.15, 0.2) is 36.5 Å². The van der Waals surface area contributed by atoms with E-state index in [2.05, 4.69) is 4.98 Å². The molecule has 1 aromatic heterocycles. The highest BCUT2D eigenvalue weighted by atomic mass is 16.2. The minimum Gasteiger partial charge on any atom is -0.364 e. The summed E-state index contributed by atoms with van der Waals surface area (Å²) in [5, 5.41) is 0. The van der Waals surface area contributed by atoms with Gasteiger partial charge in [-0.3, -0.25) is 14.6 Å². The number of amides is 2. The second-order valence-electron chi connectivity index (χ2n) is 5.80. The number of benzene rings is 1. The third-order valence-corrected chi connectivity index (χ3v) is 4.28. The van der Waals surface area contributed by atoms with Crippen LogP contribution in [0.3, 0.4) is 0 Å². The molecule has 1 aliphatic carbocycles. The van der Waals surface area contributed by atoms with Gasteiger partial charge in [-0.1, -0.05) is 18.2 Å². The predicted molar refractivity (Wildman–Crippen MR) is 81.1 cm³/mol. The van der Waals surface area contributed by atoms with Gasteiger partial charge in [-0.05, 0) is 36.1 Å². The molecule has 2 amide bonds. The summed E-state index contributed by atoms with van der Waals surface area (Å²) in [7, 11) is 0. The molecule has 2 aromatic rings. The van der Waals surface area contributed by atoms with E-state index >= 15 is 0 Å². The highest BCUT2D eigenvalue weighted by molar-refractivity contribution is 6.02. The number of rotatable bonds is 3. The van der Waals surface area contributed by atoms with Gasteiger partial charge in [0.05, 0.1) is 0 Å². The maximum atomic E-state index is 12.5. The summed E-state index contributed by atoms with van der Waals surface area (Å²) in [6, 6.07) is 9.70. The number of pyridine rings is 1. The van der Waals surface area contributed by atoms with Gasteiger partial charge in [-0.25, -0.2) is 0 Å². The summed E-state index contributed by atoms with van der Waals surface area (Å²) in [6.07, 6.45) is 3.74. The van der Waals surface area contributed by atoms with Crippen LogP contribution in [0, 0.1) is 0 Å². The first-order chi connectivity index (χ1) is 10.6. The topological polar surface area (TPSA) is 76.3 Å². The Hall–Kier alpha value is -2.69. The fourth-order valence-electron chi connectivity index (χ4n) is 3.01. The summed E-state index contributed by atoms with van der Waals surface area (Å²) in [5.41, 5.74) is 8.85. The molecule has 2 heterocycles. The van der Waals surface area contributed by atoms with E-state index in [1.54, 1.807) is 12.1 Å². The van der Waals surface area contributed by atoms with E-state index in [1.807, 2.05) is 23.1 Å². The van der Waals surface area contributed by atoms with Crippen LogP contribution >= 0.6 is 0 Å². The Morgan fingerprint density at radius 1 is 1.23 bits per heavy atom. The first-order valence-corrected chi connectivity index (χ1v) is 7.34. The van der Waals surface area contributed by atoms with Gasteiger partial charge in [-0.2, -0.15) is 0 Å². The van der Waals surface area contributed by atoms with Crippen LogP contribution in [0.25, 0.3) is 11.1 Å². The van der Waals surface area contributed by atoms with Crippen molar-refractivity contribution in [3.05, 3.63) is 53.3 Å². The van der Waals surface area contributed by atoms with Gasteiger partial charge < -0.3 is 10.6 Å². The Morgan fingerprint density at radius 2 is 2.05 bits per heavy atom. The zero-order valence-corrected chi connectivity index (χ0v) is 12.0. The molecule has 2 N–H and O–H groups in total. The van der Waals surface area contributed by atoms with Crippen LogP contribution in [0.4, 0.5) is 0 Å². The number of hydrogen-bond donors (Lipinski definition) is 1. The number of hydrogen-bond acceptors (Lipinski definition) is 3. The van der Waals surface area contributed by atoms with E-state index in [1.165, 1.54) is 6.20 Å². The molecule has 5 heteroatoms. The lowest BCUT2D eigenvalue weighted by Crippen LogP contribution is -2.25. The number of nitrogens with zero attached hydrogens (tertiary/aromatic N) is 2. The first-order valence-electron chi connectivity index (χ1n) is 7.34. The zero-order chi connectivity index (χ0) is 15.3. The van der Waals surface area contributed by atoms with Crippen LogP contribution < -0.4 is 5.73 Å². The van der Waals surface area contributed by atoms with E-state index in [9.17, 15) is 9.59 Å². The third-order valence-electron chi connectivity index (χ3n) is 4.28. The highest BCUT2D eigenvalue weighted by Gasteiger charge is 2.38. The lowest BCUT2D eigenvalue weighted by molar-refractivity contribution is 0.0766. The quantitative estimate of drug-likeness (QED) is 0.940. The van der Waals surface area contributed by atoms with Gasteiger partial charge in [0.1, 0.15) is 5.69 Å². The molecule has 1 aromatic carbocycles. The smallest absolute Gasteiger partial charge is 0.267 e. The fraction of sp³-hybridized carbons (Fsp3) is 0.235. The van der Waals surface area contributed by atoms with Crippen molar-refractivity contribution in [1.82, 2.24) is 9.88 Å². The summed E-state index contributed by atoms with van der Waals surface area (Å²) >= 11 is 0. The molecular formula is C17H15N3O2. The monoisotopic (exact) mass is 293 g/mol. The van der Waals surface area contributed by atoms with Gasteiger partial charge in [0.2, 0.25) is 0 Å². The Morgan fingerprint density at radius 3 is 2.77 bits per heavy atom. The molecule has 4 rings (SSSR count). The number of carbonyl (C=O) groups is 2. The molecule has 2 aliphatic rings. The second kappa shape index (κ2) is 4.66. The molecule has 5 nitrogen and oxygen atoms in total. The Kier molecular flexibility index (Phi) is 2.76. The zero-order valence-electron chi connectivity index (χ0n) is 12.0. The van der Waals surface area contributed by atoms with E-state index < -0.39 is 5.91 Å². The number of carbonyl (C=O) groups excluding carboxylic acids is 2. The van der Waals surface area contributed by atoms with Crippen molar-refractivity contribution in [2.45, 2.75) is 25.4 Å². The molecule has 0 radical (unpaired) electrons. The summed E-state index contributed by atoms with van der Waals surface area (Å²) < 4.78 is 0. The molecule has 1 saturated carbocycles. The number of fused-ring (bicyclic) bond motifs is 1. The fourth-order valence-corrected chi connectivity index (χ4v) is 3.01. The van der Waals surface area contributed by atoms with Crippen molar-refractivity contribution in [3.8, 4) is 11.1 Å². The van der Waals surface area contributed by atoms with Crippen molar-refractivity contribution >= 4 is 11.8 Å².